The molecule has 3 nitrogen and oxygen atoms in total. The first-order valence-electron chi connectivity index (χ1n) is 4.96. The van der Waals surface area contributed by atoms with Gasteiger partial charge in [-0.15, -0.1) is 5.73 Å². The largest absolute Gasteiger partial charge is 0.356 e. The zero-order valence-electron chi connectivity index (χ0n) is 9.21. The molecule has 0 aromatic rings. The number of nitrogens with one attached hydrogen (secondary N) is 1. The van der Waals surface area contributed by atoms with Crippen molar-refractivity contribution in [1.82, 2.24) is 5.32 Å². The van der Waals surface area contributed by atoms with E-state index in [0.29, 0.717) is 18.7 Å². The molecule has 4 heteroatoms. The lowest BCUT2D eigenvalue weighted by atomic mass is 10.4. The van der Waals surface area contributed by atoms with Crippen molar-refractivity contribution < 1.29 is 9.59 Å². The fourth-order valence-electron chi connectivity index (χ4n) is 0.794. The highest BCUT2D eigenvalue weighted by molar-refractivity contribution is 8.13. The van der Waals surface area contributed by atoms with Gasteiger partial charge in [-0.3, -0.25) is 9.59 Å². The monoisotopic (exact) mass is 227 g/mol. The zero-order chi connectivity index (χ0) is 11.5. The minimum absolute atomic E-state index is 0.0613. The Balaban J connectivity index is 3.49. The van der Waals surface area contributed by atoms with Crippen LogP contribution in [0.15, 0.2) is 17.9 Å². The van der Waals surface area contributed by atoms with Crippen LogP contribution >= 0.6 is 11.8 Å². The maximum Gasteiger partial charge on any atom is 0.216 e. The van der Waals surface area contributed by atoms with E-state index in [1.54, 1.807) is 6.08 Å². The molecule has 0 aliphatic heterocycles. The van der Waals surface area contributed by atoms with Gasteiger partial charge in [-0.05, 0) is 18.6 Å². The molecule has 0 spiro atoms. The molecule has 15 heavy (non-hydrogen) atoms. The average Bonchev–Trinajstić information content (AvgIpc) is 2.19. The van der Waals surface area contributed by atoms with Crippen LogP contribution in [0, 0.1) is 0 Å². The van der Waals surface area contributed by atoms with Gasteiger partial charge >= 0.3 is 0 Å². The van der Waals surface area contributed by atoms with Crippen molar-refractivity contribution in [3.63, 3.8) is 0 Å². The molecule has 84 valence electrons. The van der Waals surface area contributed by atoms with Crippen LogP contribution in [-0.4, -0.2) is 23.3 Å². The maximum absolute atomic E-state index is 11.2. The van der Waals surface area contributed by atoms with Crippen molar-refractivity contribution >= 4 is 22.8 Å². The quantitative estimate of drug-likeness (QED) is 0.557. The molecule has 1 N–H and O–H groups in total. The minimum atomic E-state index is -0.0613. The lowest BCUT2D eigenvalue weighted by molar-refractivity contribution is -0.118. The van der Waals surface area contributed by atoms with Gasteiger partial charge in [0.25, 0.3) is 0 Å². The Labute approximate surface area is 95.0 Å². The summed E-state index contributed by atoms with van der Waals surface area (Å²) in [6.07, 6.45) is 4.95. The number of amides is 1. The summed E-state index contributed by atoms with van der Waals surface area (Å²) in [5, 5.41) is 2.74. The van der Waals surface area contributed by atoms with Crippen LogP contribution < -0.4 is 5.32 Å². The van der Waals surface area contributed by atoms with Crippen molar-refractivity contribution in [3.05, 3.63) is 17.9 Å². The summed E-state index contributed by atoms with van der Waals surface area (Å²) in [6, 6.07) is 0. The molecule has 0 heterocycles. The third kappa shape index (κ3) is 10.9. The number of thioether (sulfide) groups is 1. The van der Waals surface area contributed by atoms with Crippen molar-refractivity contribution in [2.45, 2.75) is 26.7 Å². The highest BCUT2D eigenvalue weighted by atomic mass is 32.2. The third-order valence-electron chi connectivity index (χ3n) is 1.45. The topological polar surface area (TPSA) is 46.2 Å². The molecule has 0 bridgehead atoms. The Bertz CT molecular complexity index is 268. The molecule has 1 amide bonds. The van der Waals surface area contributed by atoms with Crippen LogP contribution in [0.5, 0.6) is 0 Å². The van der Waals surface area contributed by atoms with Gasteiger partial charge in [-0.1, -0.05) is 18.7 Å². The zero-order valence-corrected chi connectivity index (χ0v) is 10.0. The SMILES string of the molecule is CCC=C=CCC(=O)SCCNC(C)=O. The van der Waals surface area contributed by atoms with Gasteiger partial charge in [0.2, 0.25) is 5.91 Å². The van der Waals surface area contributed by atoms with E-state index in [1.807, 2.05) is 13.0 Å². The number of hydrogen-bond acceptors (Lipinski definition) is 3. The summed E-state index contributed by atoms with van der Waals surface area (Å²) < 4.78 is 0. The summed E-state index contributed by atoms with van der Waals surface area (Å²) in [4.78, 5) is 21.7. The van der Waals surface area contributed by atoms with Gasteiger partial charge < -0.3 is 5.32 Å². The fraction of sp³-hybridized carbons (Fsp3) is 0.545. The van der Waals surface area contributed by atoms with E-state index < -0.39 is 0 Å². The normalized spacial score (nSPS) is 8.93. The molecule has 0 aliphatic carbocycles. The van der Waals surface area contributed by atoms with Gasteiger partial charge in [0.15, 0.2) is 5.12 Å². The lowest BCUT2D eigenvalue weighted by Gasteiger charge is -1.99. The van der Waals surface area contributed by atoms with E-state index in [2.05, 4.69) is 11.0 Å². The molecule has 0 atom stereocenters. The second kappa shape index (κ2) is 9.56. The summed E-state index contributed by atoms with van der Waals surface area (Å²) in [5.41, 5.74) is 2.92. The van der Waals surface area contributed by atoms with Gasteiger partial charge in [0, 0.05) is 25.6 Å². The third-order valence-corrected chi connectivity index (χ3v) is 2.34. The highest BCUT2D eigenvalue weighted by Gasteiger charge is 1.99. The van der Waals surface area contributed by atoms with E-state index in [9.17, 15) is 9.59 Å². The first-order chi connectivity index (χ1) is 7.16. The second-order valence-corrected chi connectivity index (χ2v) is 4.04. The van der Waals surface area contributed by atoms with E-state index in [0.717, 1.165) is 6.42 Å². The van der Waals surface area contributed by atoms with Crippen molar-refractivity contribution in [3.8, 4) is 0 Å². The van der Waals surface area contributed by atoms with E-state index in [-0.39, 0.29) is 11.0 Å². The average molecular weight is 227 g/mol. The second-order valence-electron chi connectivity index (χ2n) is 2.89. The predicted molar refractivity (Wildman–Crippen MR) is 63.7 cm³/mol. The van der Waals surface area contributed by atoms with E-state index in [1.165, 1.54) is 18.7 Å². The van der Waals surface area contributed by atoms with Crippen LogP contribution in [0.1, 0.15) is 26.7 Å². The molecule has 0 aromatic carbocycles. The molecule has 0 rings (SSSR count). The molecule has 0 radical (unpaired) electrons. The summed E-state index contributed by atoms with van der Waals surface area (Å²) in [5.74, 6) is 0.567. The molecular weight excluding hydrogens is 210 g/mol. The number of carbonyl (C=O) groups excluding carboxylic acids is 2. The van der Waals surface area contributed by atoms with Gasteiger partial charge in [0.05, 0.1) is 0 Å². The molecule has 0 aliphatic rings. The Morgan fingerprint density at radius 2 is 2.13 bits per heavy atom. The fourth-order valence-corrected chi connectivity index (χ4v) is 1.43. The highest BCUT2D eigenvalue weighted by Crippen LogP contribution is 2.04. The number of rotatable bonds is 6. The maximum atomic E-state index is 11.2. The molecule has 0 unspecified atom stereocenters. The first-order valence-corrected chi connectivity index (χ1v) is 5.94. The Hall–Kier alpha value is -0.990. The molecular formula is C11H17NO2S. The van der Waals surface area contributed by atoms with Gasteiger partial charge in [-0.2, -0.15) is 0 Å². The number of allylic oxidation sites excluding steroid dienone is 1. The number of carbonyl (C=O) groups is 2. The van der Waals surface area contributed by atoms with Gasteiger partial charge in [-0.25, -0.2) is 0 Å². The van der Waals surface area contributed by atoms with E-state index >= 15 is 0 Å². The van der Waals surface area contributed by atoms with Crippen LogP contribution in [0.2, 0.25) is 0 Å². The molecule has 0 saturated carbocycles. The first kappa shape index (κ1) is 14.0. The van der Waals surface area contributed by atoms with E-state index in [4.69, 9.17) is 0 Å². The molecule has 0 fully saturated rings. The smallest absolute Gasteiger partial charge is 0.216 e. The minimum Gasteiger partial charge on any atom is -0.356 e. The predicted octanol–water partition coefficient (Wildman–Crippen LogP) is 1.89. The Morgan fingerprint density at radius 1 is 1.40 bits per heavy atom. The van der Waals surface area contributed by atoms with Crippen LogP contribution in [0.3, 0.4) is 0 Å². The van der Waals surface area contributed by atoms with Crippen molar-refractivity contribution in [2.75, 3.05) is 12.3 Å². The molecule has 0 aromatic heterocycles. The van der Waals surface area contributed by atoms with Crippen LogP contribution in [-0.2, 0) is 9.59 Å². The lowest BCUT2D eigenvalue weighted by Crippen LogP contribution is -2.22. The van der Waals surface area contributed by atoms with Crippen LogP contribution in [0.4, 0.5) is 0 Å². The summed E-state index contributed by atoms with van der Waals surface area (Å²) >= 11 is 1.24. The Morgan fingerprint density at radius 3 is 2.73 bits per heavy atom. The van der Waals surface area contributed by atoms with Gasteiger partial charge in [0.1, 0.15) is 0 Å². The number of hydrogen-bond donors (Lipinski definition) is 1. The molecule has 0 saturated heterocycles. The Kier molecular flexibility index (Phi) is 8.93. The van der Waals surface area contributed by atoms with Crippen molar-refractivity contribution in [2.24, 2.45) is 0 Å². The summed E-state index contributed by atoms with van der Waals surface area (Å²) in [6.45, 7) is 4.02. The summed E-state index contributed by atoms with van der Waals surface area (Å²) in [7, 11) is 0. The van der Waals surface area contributed by atoms with Crippen molar-refractivity contribution in [1.29, 1.82) is 0 Å². The standard InChI is InChI=1S/C11H17NO2S/c1-3-4-5-6-7-11(14)15-9-8-12-10(2)13/h4,6H,3,7-9H2,1-2H3,(H,12,13). The van der Waals surface area contributed by atoms with Crippen LogP contribution in [0.25, 0.3) is 0 Å².